The second-order valence-electron chi connectivity index (χ2n) is 2.33. The van der Waals surface area contributed by atoms with E-state index in [1.807, 2.05) is 0 Å². The van der Waals surface area contributed by atoms with Crippen LogP contribution >= 0.6 is 12.4 Å². The molecule has 0 heterocycles. The summed E-state index contributed by atoms with van der Waals surface area (Å²) in [5.41, 5.74) is 5.38. The maximum atomic E-state index is 10.7. The molecule has 0 amide bonds. The Morgan fingerprint density at radius 1 is 1.69 bits per heavy atom. The topological polar surface area (TPSA) is 72.5 Å². The van der Waals surface area contributed by atoms with Crippen molar-refractivity contribution < 1.29 is 14.6 Å². The zero-order chi connectivity index (χ0) is 9.40. The second-order valence-corrected chi connectivity index (χ2v) is 2.33. The van der Waals surface area contributed by atoms with E-state index < -0.39 is 0 Å². The van der Waals surface area contributed by atoms with Crippen LogP contribution in [0.3, 0.4) is 0 Å². The third kappa shape index (κ3) is 9.33. The molecule has 0 fully saturated rings. The van der Waals surface area contributed by atoms with Crippen LogP contribution in [-0.2, 0) is 9.53 Å². The predicted octanol–water partition coefficient (Wildman–Crippen LogP) is 0.237. The summed E-state index contributed by atoms with van der Waals surface area (Å²) in [4.78, 5) is 10.7. The molecule has 0 spiro atoms. The maximum absolute atomic E-state index is 10.7. The monoisotopic (exact) mass is 209 g/mol. The van der Waals surface area contributed by atoms with Crippen LogP contribution in [0.5, 0.6) is 0 Å². The summed E-state index contributed by atoms with van der Waals surface area (Å²) in [6, 6.07) is -0.296. The fraction of sp³-hybridized carbons (Fsp3) is 0.625. The van der Waals surface area contributed by atoms with E-state index in [9.17, 15) is 4.79 Å². The summed E-state index contributed by atoms with van der Waals surface area (Å²) in [6.45, 7) is 2.04. The molecular weight excluding hydrogens is 194 g/mol. The smallest absolute Gasteiger partial charge is 0.330 e. The summed E-state index contributed by atoms with van der Waals surface area (Å²) < 4.78 is 4.63. The molecule has 0 bridgehead atoms. The van der Waals surface area contributed by atoms with Crippen LogP contribution in [0.15, 0.2) is 12.2 Å². The van der Waals surface area contributed by atoms with Crippen LogP contribution in [0.4, 0.5) is 0 Å². The first-order valence-corrected chi connectivity index (χ1v) is 3.90. The Morgan fingerprint density at radius 3 is 2.77 bits per heavy atom. The number of carbonyl (C=O) groups excluding carboxylic acids is 1. The van der Waals surface area contributed by atoms with Crippen LogP contribution < -0.4 is 5.73 Å². The standard InChI is InChI=1S/C8H15NO3.ClH/c1-2-12-8(11)5-3-4-7(9)6-10;/h3,5,7,10H,2,4,6,9H2,1H3;1H/b5-3+;. The molecule has 1 atom stereocenters. The van der Waals surface area contributed by atoms with Gasteiger partial charge in [0, 0.05) is 12.1 Å². The lowest BCUT2D eigenvalue weighted by atomic mass is 10.2. The van der Waals surface area contributed by atoms with Gasteiger partial charge in [0.2, 0.25) is 0 Å². The highest BCUT2D eigenvalue weighted by Gasteiger charge is 1.97. The van der Waals surface area contributed by atoms with Gasteiger partial charge in [0.1, 0.15) is 0 Å². The largest absolute Gasteiger partial charge is 0.463 e. The van der Waals surface area contributed by atoms with Crippen molar-refractivity contribution >= 4 is 18.4 Å². The van der Waals surface area contributed by atoms with Crippen molar-refractivity contribution in [3.8, 4) is 0 Å². The minimum Gasteiger partial charge on any atom is -0.463 e. The Bertz CT molecular complexity index is 161. The Hall–Kier alpha value is -0.580. The van der Waals surface area contributed by atoms with E-state index >= 15 is 0 Å². The van der Waals surface area contributed by atoms with E-state index in [0.717, 1.165) is 0 Å². The van der Waals surface area contributed by atoms with Crippen LogP contribution in [0.2, 0.25) is 0 Å². The molecule has 0 radical (unpaired) electrons. The van der Waals surface area contributed by atoms with Crippen LogP contribution in [0, 0.1) is 0 Å². The van der Waals surface area contributed by atoms with Crippen LogP contribution in [-0.4, -0.2) is 30.3 Å². The van der Waals surface area contributed by atoms with E-state index in [2.05, 4.69) is 4.74 Å². The summed E-state index contributed by atoms with van der Waals surface area (Å²) in [5, 5.41) is 8.53. The number of aliphatic hydroxyl groups is 1. The van der Waals surface area contributed by atoms with Crippen molar-refractivity contribution in [2.24, 2.45) is 5.73 Å². The summed E-state index contributed by atoms with van der Waals surface area (Å²) in [7, 11) is 0. The fourth-order valence-corrected chi connectivity index (χ4v) is 0.604. The Balaban J connectivity index is 0. The molecule has 5 heteroatoms. The number of rotatable bonds is 5. The van der Waals surface area contributed by atoms with Crippen molar-refractivity contribution in [1.29, 1.82) is 0 Å². The number of carbonyl (C=O) groups is 1. The molecule has 0 aromatic heterocycles. The number of aliphatic hydroxyl groups excluding tert-OH is 1. The van der Waals surface area contributed by atoms with Crippen molar-refractivity contribution in [2.45, 2.75) is 19.4 Å². The first-order chi connectivity index (χ1) is 5.70. The molecule has 0 aliphatic carbocycles. The van der Waals surface area contributed by atoms with Gasteiger partial charge in [-0.15, -0.1) is 12.4 Å². The number of nitrogens with two attached hydrogens (primary N) is 1. The van der Waals surface area contributed by atoms with Gasteiger partial charge in [-0.25, -0.2) is 4.79 Å². The molecule has 1 unspecified atom stereocenters. The Kier molecular flexibility index (Phi) is 10.9. The van der Waals surface area contributed by atoms with Gasteiger partial charge in [0.15, 0.2) is 0 Å². The van der Waals surface area contributed by atoms with Crippen LogP contribution in [0.1, 0.15) is 13.3 Å². The highest BCUT2D eigenvalue weighted by Crippen LogP contribution is 1.90. The molecule has 0 aliphatic rings. The normalized spacial score (nSPS) is 12.2. The molecule has 78 valence electrons. The summed E-state index contributed by atoms with van der Waals surface area (Å²) in [6.07, 6.45) is 3.40. The van der Waals surface area contributed by atoms with Crippen LogP contribution in [0.25, 0.3) is 0 Å². The van der Waals surface area contributed by atoms with Crippen molar-refractivity contribution in [2.75, 3.05) is 13.2 Å². The molecule has 0 aromatic rings. The van der Waals surface area contributed by atoms with Gasteiger partial charge >= 0.3 is 5.97 Å². The molecule has 0 saturated carbocycles. The highest BCUT2D eigenvalue weighted by atomic mass is 35.5. The third-order valence-electron chi connectivity index (χ3n) is 1.21. The van der Waals surface area contributed by atoms with Gasteiger partial charge in [0.25, 0.3) is 0 Å². The molecule has 0 aliphatic heterocycles. The molecule has 0 aromatic carbocycles. The number of esters is 1. The van der Waals surface area contributed by atoms with Gasteiger partial charge in [-0.1, -0.05) is 6.08 Å². The minimum atomic E-state index is -0.373. The van der Waals surface area contributed by atoms with Gasteiger partial charge in [-0.3, -0.25) is 0 Å². The average molecular weight is 210 g/mol. The van der Waals surface area contributed by atoms with E-state index in [1.54, 1.807) is 13.0 Å². The van der Waals surface area contributed by atoms with Gasteiger partial charge in [-0.05, 0) is 13.3 Å². The molecule has 13 heavy (non-hydrogen) atoms. The molecular formula is C8H16ClNO3. The fourth-order valence-electron chi connectivity index (χ4n) is 0.604. The molecule has 3 N–H and O–H groups in total. The van der Waals surface area contributed by atoms with Crippen molar-refractivity contribution in [3.63, 3.8) is 0 Å². The Morgan fingerprint density at radius 2 is 2.31 bits per heavy atom. The highest BCUT2D eigenvalue weighted by molar-refractivity contribution is 5.85. The number of ether oxygens (including phenoxy) is 1. The quantitative estimate of drug-likeness (QED) is 0.503. The minimum absolute atomic E-state index is 0. The first kappa shape index (κ1) is 14.9. The SMILES string of the molecule is CCOC(=O)/C=C/CC(N)CO.Cl. The molecule has 0 rings (SSSR count). The lowest BCUT2D eigenvalue weighted by molar-refractivity contribution is -0.137. The summed E-state index contributed by atoms with van der Waals surface area (Å²) >= 11 is 0. The van der Waals surface area contributed by atoms with Gasteiger partial charge in [0.05, 0.1) is 13.2 Å². The number of hydrogen-bond donors (Lipinski definition) is 2. The summed E-state index contributed by atoms with van der Waals surface area (Å²) in [5.74, 6) is -0.373. The van der Waals surface area contributed by atoms with E-state index in [0.29, 0.717) is 13.0 Å². The zero-order valence-corrected chi connectivity index (χ0v) is 8.42. The van der Waals surface area contributed by atoms with Crippen molar-refractivity contribution in [3.05, 3.63) is 12.2 Å². The van der Waals surface area contributed by atoms with E-state index in [1.165, 1.54) is 6.08 Å². The molecule has 0 saturated heterocycles. The van der Waals surface area contributed by atoms with E-state index in [4.69, 9.17) is 10.8 Å². The molecule has 4 nitrogen and oxygen atoms in total. The number of hydrogen-bond acceptors (Lipinski definition) is 4. The lowest BCUT2D eigenvalue weighted by Gasteiger charge is -2.01. The zero-order valence-electron chi connectivity index (χ0n) is 7.60. The maximum Gasteiger partial charge on any atom is 0.330 e. The second kappa shape index (κ2) is 9.51. The van der Waals surface area contributed by atoms with E-state index in [-0.39, 0.29) is 31.0 Å². The Labute approximate surface area is 84.2 Å². The van der Waals surface area contributed by atoms with Crippen molar-refractivity contribution in [1.82, 2.24) is 0 Å². The van der Waals surface area contributed by atoms with Gasteiger partial charge < -0.3 is 15.6 Å². The lowest BCUT2D eigenvalue weighted by Crippen LogP contribution is -2.23. The first-order valence-electron chi connectivity index (χ1n) is 3.90. The third-order valence-corrected chi connectivity index (χ3v) is 1.21. The van der Waals surface area contributed by atoms with Gasteiger partial charge in [-0.2, -0.15) is 0 Å². The predicted molar refractivity (Wildman–Crippen MR) is 52.7 cm³/mol. The average Bonchev–Trinajstić information content (AvgIpc) is 2.04. The number of halogens is 1.